The van der Waals surface area contributed by atoms with E-state index in [1.54, 1.807) is 0 Å². The van der Waals surface area contributed by atoms with Crippen LogP contribution < -0.4 is 0 Å². The van der Waals surface area contributed by atoms with Crippen LogP contribution in [0.25, 0.3) is 0 Å². The van der Waals surface area contributed by atoms with Crippen molar-refractivity contribution in [2.45, 2.75) is 62.7 Å². The Morgan fingerprint density at radius 3 is 2.96 bits per heavy atom. The second-order valence-electron chi connectivity index (χ2n) is 8.81. The predicted molar refractivity (Wildman–Crippen MR) is 85.3 cm³/mol. The fourth-order valence-corrected chi connectivity index (χ4v) is 7.02. The molecule has 0 radical (unpaired) electrons. The van der Waals surface area contributed by atoms with Crippen LogP contribution in [0.1, 0.15) is 50.9 Å². The van der Waals surface area contributed by atoms with Crippen LogP contribution in [0, 0.1) is 28.6 Å². The molecule has 4 aliphatic carbocycles. The first-order chi connectivity index (χ1) is 13.4. The van der Waals surface area contributed by atoms with E-state index in [0.29, 0.717) is 0 Å². The lowest BCUT2D eigenvalue weighted by molar-refractivity contribution is -0.164. The quantitative estimate of drug-likeness (QED) is 0.485. The predicted octanol–water partition coefficient (Wildman–Crippen LogP) is 1.25. The van der Waals surface area contributed by atoms with Gasteiger partial charge in [-0.15, -0.1) is 0 Å². The van der Waals surface area contributed by atoms with E-state index < -0.39 is 77.2 Å². The maximum Gasteiger partial charge on any atom is 0.315 e. The van der Waals surface area contributed by atoms with Gasteiger partial charge in [-0.1, -0.05) is 6.53 Å². The Morgan fingerprint density at radius 2 is 2.28 bits per heavy atom. The number of esters is 1. The number of rotatable bonds is 1. The van der Waals surface area contributed by atoms with Crippen LogP contribution in [0.15, 0.2) is 12.1 Å². The third-order valence-electron chi connectivity index (χ3n) is 7.99. The number of aliphatic carboxylic acids is 1. The first-order valence-electron chi connectivity index (χ1n) is 10.9. The standard InChI is InChI=1S/C19H24O6/c1-9-7-17-8-18(9,24)5-3-10(17)19-6-4-11(20)16(2,15(23)25-19)13(19)12(17)14(21)22/h10-13,20,24H,1,3-8H2,2H3,(H,21,22)/t10-,11+,12-,13-,16+,17+,18+,19-/m1/s1/i1D2,4D,6D/t4-,6-,10-,11+,12-,13-,16+,17+,18+,19-. The molecule has 25 heavy (non-hydrogen) atoms. The molecule has 5 aliphatic rings. The summed E-state index contributed by atoms with van der Waals surface area (Å²) in [7, 11) is 0. The normalized spacial score (nSPS) is 66.7. The lowest BCUT2D eigenvalue weighted by atomic mass is 9.59. The van der Waals surface area contributed by atoms with E-state index in [9.17, 15) is 24.9 Å². The van der Waals surface area contributed by atoms with E-state index in [0.717, 1.165) is 0 Å². The maximum absolute atomic E-state index is 12.9. The van der Waals surface area contributed by atoms with Crippen LogP contribution >= 0.6 is 0 Å². The van der Waals surface area contributed by atoms with Gasteiger partial charge in [0, 0.05) is 14.6 Å². The monoisotopic (exact) mass is 352 g/mol. The molecular formula is C19H24O6. The Balaban J connectivity index is 1.80. The van der Waals surface area contributed by atoms with Gasteiger partial charge in [0.05, 0.1) is 25.8 Å². The summed E-state index contributed by atoms with van der Waals surface area (Å²) in [5.74, 6) is -4.75. The minimum atomic E-state index is -1.63. The number of fused-ring (bicyclic) bond motifs is 1. The number of aliphatic hydroxyl groups excluding tert-OH is 1. The average molecular weight is 352 g/mol. The molecule has 1 aliphatic heterocycles. The Bertz CT molecular complexity index is 875. The minimum absolute atomic E-state index is 0.0187. The second-order valence-corrected chi connectivity index (χ2v) is 8.81. The number of hydrogen-bond donors (Lipinski definition) is 3. The summed E-state index contributed by atoms with van der Waals surface area (Å²) in [5, 5.41) is 32.2. The smallest absolute Gasteiger partial charge is 0.315 e. The number of carboxylic acids is 1. The van der Waals surface area contributed by atoms with E-state index >= 15 is 0 Å². The van der Waals surface area contributed by atoms with Gasteiger partial charge in [0.15, 0.2) is 0 Å². The van der Waals surface area contributed by atoms with Crippen molar-refractivity contribution in [3.63, 3.8) is 0 Å². The van der Waals surface area contributed by atoms with Crippen molar-refractivity contribution in [1.29, 1.82) is 0 Å². The molecule has 0 unspecified atom stereocenters. The molecule has 5 fully saturated rings. The van der Waals surface area contributed by atoms with Crippen LogP contribution in [-0.4, -0.2) is 44.6 Å². The summed E-state index contributed by atoms with van der Waals surface area (Å²) in [6.45, 7) is 0.901. The van der Waals surface area contributed by atoms with E-state index in [1.807, 2.05) is 0 Å². The molecule has 0 amide bonds. The summed E-state index contributed by atoms with van der Waals surface area (Å²) < 4.78 is 38.5. The largest absolute Gasteiger partial charge is 0.481 e. The zero-order valence-corrected chi connectivity index (χ0v) is 13.9. The Morgan fingerprint density at radius 1 is 1.52 bits per heavy atom. The third-order valence-corrected chi connectivity index (χ3v) is 7.99. The van der Waals surface area contributed by atoms with Gasteiger partial charge in [0.1, 0.15) is 5.60 Å². The molecule has 4 bridgehead atoms. The lowest BCUT2D eigenvalue weighted by Gasteiger charge is -2.45. The summed E-state index contributed by atoms with van der Waals surface area (Å²) in [6.07, 6.45) is -3.68. The maximum atomic E-state index is 12.9. The minimum Gasteiger partial charge on any atom is -0.481 e. The first kappa shape index (κ1) is 12.1. The molecule has 1 spiro atoms. The zero-order chi connectivity index (χ0) is 21.3. The van der Waals surface area contributed by atoms with Crippen LogP contribution in [0.3, 0.4) is 0 Å². The molecule has 0 aromatic carbocycles. The van der Waals surface area contributed by atoms with E-state index in [1.165, 1.54) is 6.92 Å². The summed E-state index contributed by atoms with van der Waals surface area (Å²) >= 11 is 0. The van der Waals surface area contributed by atoms with E-state index in [-0.39, 0.29) is 31.3 Å². The van der Waals surface area contributed by atoms with Crippen LogP contribution in [0.4, 0.5) is 0 Å². The van der Waals surface area contributed by atoms with E-state index in [4.69, 9.17) is 10.2 Å². The number of carbonyl (C=O) groups is 2. The molecular weight excluding hydrogens is 324 g/mol. The average Bonchev–Trinajstić information content (AvgIpc) is 3.11. The van der Waals surface area contributed by atoms with Gasteiger partial charge in [-0.05, 0) is 56.4 Å². The molecule has 0 aromatic heterocycles. The van der Waals surface area contributed by atoms with Gasteiger partial charge in [-0.3, -0.25) is 9.59 Å². The highest BCUT2D eigenvalue weighted by atomic mass is 16.6. The molecule has 3 N–H and O–H groups in total. The number of carbonyl (C=O) groups excluding carboxylic acids is 1. The Labute approximate surface area is 151 Å². The van der Waals surface area contributed by atoms with Gasteiger partial charge < -0.3 is 20.1 Å². The number of carboxylic acid groups (broad SMARTS) is 1. The number of ether oxygens (including phenoxy) is 1. The highest BCUT2D eigenvalue weighted by molar-refractivity contribution is 5.85. The zero-order valence-electron chi connectivity index (χ0n) is 17.9. The molecule has 6 nitrogen and oxygen atoms in total. The van der Waals surface area contributed by atoms with Gasteiger partial charge in [-0.25, -0.2) is 0 Å². The topological polar surface area (TPSA) is 104 Å². The van der Waals surface area contributed by atoms with Gasteiger partial charge in [0.25, 0.3) is 0 Å². The Kier molecular flexibility index (Phi) is 1.99. The second kappa shape index (κ2) is 4.12. The van der Waals surface area contributed by atoms with Gasteiger partial charge in [-0.2, -0.15) is 0 Å². The first-order valence-corrected chi connectivity index (χ1v) is 8.76. The van der Waals surface area contributed by atoms with Crippen molar-refractivity contribution in [1.82, 2.24) is 0 Å². The Hall–Kier alpha value is -1.40. The third kappa shape index (κ3) is 1.41. The molecule has 136 valence electrons. The van der Waals surface area contributed by atoms with Crippen molar-refractivity contribution in [2.75, 3.05) is 0 Å². The highest BCUT2D eigenvalue weighted by Crippen LogP contribution is 2.78. The molecule has 6 heteroatoms. The summed E-state index contributed by atoms with van der Waals surface area (Å²) in [5.41, 5.74) is -5.50. The molecule has 4 saturated carbocycles. The van der Waals surface area contributed by atoms with E-state index in [2.05, 4.69) is 0 Å². The highest BCUT2D eigenvalue weighted by Gasteiger charge is 2.84. The van der Waals surface area contributed by atoms with Crippen molar-refractivity contribution in [2.24, 2.45) is 28.6 Å². The number of aliphatic hydroxyl groups is 2. The van der Waals surface area contributed by atoms with Crippen LogP contribution in [0.2, 0.25) is 0 Å². The fraction of sp³-hybridized carbons (Fsp3) is 0.789. The fourth-order valence-electron chi connectivity index (χ4n) is 7.02. The molecule has 10 atom stereocenters. The lowest BCUT2D eigenvalue weighted by Crippen LogP contribution is -2.53. The summed E-state index contributed by atoms with van der Waals surface area (Å²) in [4.78, 5) is 25.5. The molecule has 5 rings (SSSR count). The SMILES string of the molecule is [2H]C([2H])=C1C[C@]23C[C@@]1(O)CC[C@H]2[C@@]12OC(=O)[C@](C)([C@H]1[C@@H]3C(=O)O)[C@@H](O)[C@H]([2H])[C@H]2[2H]. The van der Waals surface area contributed by atoms with Crippen molar-refractivity contribution < 1.29 is 35.1 Å². The molecule has 0 aromatic rings. The molecule has 1 saturated heterocycles. The van der Waals surface area contributed by atoms with Crippen LogP contribution in [-0.2, 0) is 14.3 Å². The van der Waals surface area contributed by atoms with Crippen molar-refractivity contribution >= 4 is 11.9 Å². The van der Waals surface area contributed by atoms with Gasteiger partial charge >= 0.3 is 11.9 Å². The number of hydrogen-bond acceptors (Lipinski definition) is 5. The summed E-state index contributed by atoms with van der Waals surface area (Å²) in [6, 6.07) is 0. The van der Waals surface area contributed by atoms with Crippen molar-refractivity contribution in [3.8, 4) is 0 Å². The van der Waals surface area contributed by atoms with Crippen LogP contribution in [0.5, 0.6) is 0 Å². The van der Waals surface area contributed by atoms with Gasteiger partial charge in [0.2, 0.25) is 0 Å². The van der Waals surface area contributed by atoms with Crippen molar-refractivity contribution in [3.05, 3.63) is 12.1 Å². The molecule has 1 heterocycles.